The Balaban J connectivity index is 1.28. The molecule has 4 rings (SSSR count). The molecule has 3 heterocycles. The van der Waals surface area contributed by atoms with Gasteiger partial charge in [-0.05, 0) is 49.1 Å². The van der Waals surface area contributed by atoms with Crippen LogP contribution in [-0.2, 0) is 11.3 Å². The van der Waals surface area contributed by atoms with E-state index in [2.05, 4.69) is 15.3 Å². The third-order valence-electron chi connectivity index (χ3n) is 5.62. The molecule has 1 N–H and O–H groups in total. The zero-order chi connectivity index (χ0) is 21.8. The average molecular weight is 421 g/mol. The van der Waals surface area contributed by atoms with Gasteiger partial charge in [0.1, 0.15) is 18.0 Å². The first kappa shape index (κ1) is 20.7. The summed E-state index contributed by atoms with van der Waals surface area (Å²) in [5, 5.41) is 2.88. The van der Waals surface area contributed by atoms with E-state index in [0.717, 1.165) is 5.56 Å². The van der Waals surface area contributed by atoms with Gasteiger partial charge in [-0.25, -0.2) is 14.4 Å². The summed E-state index contributed by atoms with van der Waals surface area (Å²) in [4.78, 5) is 35.3. The number of carbonyl (C=O) groups is 2. The number of amides is 2. The fourth-order valence-corrected chi connectivity index (χ4v) is 3.67. The molecule has 1 fully saturated rings. The number of aryl methyl sites for hydroxylation is 1. The Labute approximate surface area is 179 Å². The number of carbonyl (C=O) groups excluding carboxylic acids is 2. The Morgan fingerprint density at radius 1 is 1.19 bits per heavy atom. The predicted molar refractivity (Wildman–Crippen MR) is 113 cm³/mol. The van der Waals surface area contributed by atoms with Crippen molar-refractivity contribution in [2.24, 2.45) is 5.92 Å². The highest BCUT2D eigenvalue weighted by molar-refractivity contribution is 5.94. The highest BCUT2D eigenvalue weighted by Gasteiger charge is 2.27. The molecular formula is C23H24FN5O2. The molecule has 0 spiro atoms. The maximum atomic E-state index is 13.7. The average Bonchev–Trinajstić information content (AvgIpc) is 3.34. The lowest BCUT2D eigenvalue weighted by atomic mass is 9.95. The molecule has 7 nitrogen and oxygen atoms in total. The summed E-state index contributed by atoms with van der Waals surface area (Å²) in [6, 6.07) is 8.50. The van der Waals surface area contributed by atoms with Crippen LogP contribution in [0, 0.1) is 18.7 Å². The molecule has 1 saturated heterocycles. The van der Waals surface area contributed by atoms with Gasteiger partial charge in [-0.2, -0.15) is 0 Å². The van der Waals surface area contributed by atoms with Gasteiger partial charge in [0.2, 0.25) is 5.91 Å². The topological polar surface area (TPSA) is 80.1 Å². The third-order valence-corrected chi connectivity index (χ3v) is 5.62. The number of halogens is 1. The Hall–Kier alpha value is -3.55. The van der Waals surface area contributed by atoms with Crippen LogP contribution in [0.4, 0.5) is 4.39 Å². The molecule has 0 aliphatic carbocycles. The summed E-state index contributed by atoms with van der Waals surface area (Å²) in [6.45, 7) is 3.03. The summed E-state index contributed by atoms with van der Waals surface area (Å²) in [5.74, 6) is 0.128. The molecule has 1 aliphatic rings. The number of imidazole rings is 1. The number of nitrogens with one attached hydrogen (secondary N) is 1. The van der Waals surface area contributed by atoms with E-state index in [1.165, 1.54) is 6.07 Å². The lowest BCUT2D eigenvalue weighted by Gasteiger charge is -2.31. The maximum absolute atomic E-state index is 13.7. The Morgan fingerprint density at radius 3 is 2.65 bits per heavy atom. The molecule has 0 radical (unpaired) electrons. The van der Waals surface area contributed by atoms with Gasteiger partial charge in [0.05, 0.1) is 5.56 Å². The zero-order valence-corrected chi connectivity index (χ0v) is 17.3. The number of piperidine rings is 1. The number of nitrogens with zero attached hydrogens (tertiary/aromatic N) is 4. The molecule has 1 aliphatic heterocycles. The lowest BCUT2D eigenvalue weighted by molar-refractivity contribution is -0.126. The van der Waals surface area contributed by atoms with Gasteiger partial charge in [-0.1, -0.05) is 12.1 Å². The zero-order valence-electron chi connectivity index (χ0n) is 17.3. The summed E-state index contributed by atoms with van der Waals surface area (Å²) in [6.07, 6.45) is 7.86. The van der Waals surface area contributed by atoms with E-state index in [1.54, 1.807) is 59.5 Å². The first-order chi connectivity index (χ1) is 15.0. The van der Waals surface area contributed by atoms with Crippen LogP contribution in [0.25, 0.3) is 5.82 Å². The minimum atomic E-state index is -0.272. The van der Waals surface area contributed by atoms with Gasteiger partial charge >= 0.3 is 0 Å². The van der Waals surface area contributed by atoms with Crippen LogP contribution in [0.2, 0.25) is 0 Å². The van der Waals surface area contributed by atoms with Gasteiger partial charge in [0.15, 0.2) is 0 Å². The van der Waals surface area contributed by atoms with Crippen molar-refractivity contribution in [1.29, 1.82) is 0 Å². The highest BCUT2D eigenvalue weighted by atomic mass is 19.1. The maximum Gasteiger partial charge on any atom is 0.255 e. The number of likely N-dealkylation sites (tertiary alicyclic amines) is 1. The van der Waals surface area contributed by atoms with Crippen molar-refractivity contribution in [1.82, 2.24) is 24.8 Å². The highest BCUT2D eigenvalue weighted by Crippen LogP contribution is 2.20. The van der Waals surface area contributed by atoms with Crippen LogP contribution in [0.3, 0.4) is 0 Å². The molecule has 160 valence electrons. The molecule has 0 saturated carbocycles. The predicted octanol–water partition coefficient (Wildman–Crippen LogP) is 2.88. The number of benzene rings is 1. The molecule has 1 aromatic carbocycles. The Morgan fingerprint density at radius 2 is 2.00 bits per heavy atom. The van der Waals surface area contributed by atoms with E-state index in [1.807, 2.05) is 6.07 Å². The molecule has 8 heteroatoms. The summed E-state index contributed by atoms with van der Waals surface area (Å²) < 4.78 is 15.4. The first-order valence-corrected chi connectivity index (χ1v) is 10.3. The second kappa shape index (κ2) is 9.07. The van der Waals surface area contributed by atoms with Crippen molar-refractivity contribution in [3.05, 3.63) is 77.8 Å². The monoisotopic (exact) mass is 421 g/mol. The summed E-state index contributed by atoms with van der Waals surface area (Å²) in [5.41, 5.74) is 1.84. The van der Waals surface area contributed by atoms with E-state index in [4.69, 9.17) is 0 Å². The Kier molecular flexibility index (Phi) is 6.06. The number of hydrogen-bond acceptors (Lipinski definition) is 4. The van der Waals surface area contributed by atoms with E-state index in [0.29, 0.717) is 49.4 Å². The molecule has 3 aromatic rings. The van der Waals surface area contributed by atoms with E-state index >= 15 is 0 Å². The molecule has 0 bridgehead atoms. The molecule has 2 amide bonds. The fourth-order valence-electron chi connectivity index (χ4n) is 3.67. The van der Waals surface area contributed by atoms with Gasteiger partial charge in [0.25, 0.3) is 5.91 Å². The fraction of sp³-hybridized carbons (Fsp3) is 0.304. The van der Waals surface area contributed by atoms with Crippen molar-refractivity contribution in [2.75, 3.05) is 13.1 Å². The van der Waals surface area contributed by atoms with Crippen molar-refractivity contribution < 1.29 is 14.0 Å². The quantitative estimate of drug-likeness (QED) is 0.687. The molecule has 0 unspecified atom stereocenters. The van der Waals surface area contributed by atoms with E-state index in [9.17, 15) is 14.0 Å². The standard InChI is InChI=1S/C23H24FN5O2/c1-16-2-3-17(12-20(16)24)13-27-22(30)18-6-9-28(10-7-18)23(31)19-4-5-21(26-14-19)29-11-8-25-15-29/h2-5,8,11-12,14-15,18H,6-7,9-10,13H2,1H3,(H,27,30). The summed E-state index contributed by atoms with van der Waals surface area (Å²) >= 11 is 0. The van der Waals surface area contributed by atoms with Crippen LogP contribution in [0.5, 0.6) is 0 Å². The van der Waals surface area contributed by atoms with Crippen LogP contribution in [0.1, 0.15) is 34.3 Å². The van der Waals surface area contributed by atoms with E-state index in [-0.39, 0.29) is 23.5 Å². The van der Waals surface area contributed by atoms with Crippen molar-refractivity contribution >= 4 is 11.8 Å². The second-order valence-corrected chi connectivity index (χ2v) is 7.74. The summed E-state index contributed by atoms with van der Waals surface area (Å²) in [7, 11) is 0. The lowest BCUT2D eigenvalue weighted by Crippen LogP contribution is -2.43. The van der Waals surface area contributed by atoms with Crippen molar-refractivity contribution in [3.8, 4) is 5.82 Å². The van der Waals surface area contributed by atoms with Crippen LogP contribution >= 0.6 is 0 Å². The number of pyridine rings is 1. The Bertz CT molecular complexity index is 1060. The van der Waals surface area contributed by atoms with E-state index < -0.39 is 0 Å². The van der Waals surface area contributed by atoms with Crippen molar-refractivity contribution in [2.45, 2.75) is 26.3 Å². The van der Waals surface area contributed by atoms with Crippen LogP contribution in [0.15, 0.2) is 55.2 Å². The van der Waals surface area contributed by atoms with Crippen LogP contribution in [-0.4, -0.2) is 44.3 Å². The third kappa shape index (κ3) is 4.79. The molecular weight excluding hydrogens is 397 g/mol. The van der Waals surface area contributed by atoms with Gasteiger partial charge in [0, 0.05) is 44.1 Å². The molecule has 31 heavy (non-hydrogen) atoms. The number of aromatic nitrogens is 3. The largest absolute Gasteiger partial charge is 0.352 e. The van der Waals surface area contributed by atoms with Crippen LogP contribution < -0.4 is 5.32 Å². The molecule has 0 atom stereocenters. The van der Waals surface area contributed by atoms with Gasteiger partial charge in [-0.3, -0.25) is 14.2 Å². The SMILES string of the molecule is Cc1ccc(CNC(=O)C2CCN(C(=O)c3ccc(-n4ccnc4)nc3)CC2)cc1F. The second-order valence-electron chi connectivity index (χ2n) is 7.74. The van der Waals surface area contributed by atoms with Crippen molar-refractivity contribution in [3.63, 3.8) is 0 Å². The minimum absolute atomic E-state index is 0.0561. The first-order valence-electron chi connectivity index (χ1n) is 10.3. The number of hydrogen-bond donors (Lipinski definition) is 1. The molecule has 2 aromatic heterocycles. The smallest absolute Gasteiger partial charge is 0.255 e. The normalized spacial score (nSPS) is 14.5. The van der Waals surface area contributed by atoms with Gasteiger partial charge in [-0.15, -0.1) is 0 Å². The van der Waals surface area contributed by atoms with Gasteiger partial charge < -0.3 is 10.2 Å². The minimum Gasteiger partial charge on any atom is -0.352 e. The number of rotatable bonds is 5.